The zero-order valence-corrected chi connectivity index (χ0v) is 24.0. The Labute approximate surface area is 246 Å². The van der Waals surface area contributed by atoms with Crippen LogP contribution in [-0.2, 0) is 13.1 Å². The summed E-state index contributed by atoms with van der Waals surface area (Å²) >= 11 is 1.45. The number of carbonyl (C=O) groups excluding carboxylic acids is 1. The van der Waals surface area contributed by atoms with Gasteiger partial charge in [-0.25, -0.2) is 4.98 Å². The SMILES string of the molecule is CC(=O)c1ccc(-c2cncc3[nH]c(-c4n[nH]c5ccc(-c6cc(C)cc(CNCc7ccccc7)c6)cc45)nc23)s1. The molecule has 0 aliphatic heterocycles. The highest BCUT2D eigenvalue weighted by Gasteiger charge is 2.17. The molecule has 0 saturated carbocycles. The van der Waals surface area contributed by atoms with Crippen molar-refractivity contribution in [3.8, 4) is 33.1 Å². The molecule has 3 aromatic carbocycles. The van der Waals surface area contributed by atoms with Crippen molar-refractivity contribution in [2.75, 3.05) is 0 Å². The lowest BCUT2D eigenvalue weighted by atomic mass is 9.98. The molecule has 0 fully saturated rings. The van der Waals surface area contributed by atoms with Gasteiger partial charge < -0.3 is 10.3 Å². The first-order valence-corrected chi connectivity index (χ1v) is 14.6. The van der Waals surface area contributed by atoms with Crippen molar-refractivity contribution < 1.29 is 4.79 Å². The molecule has 4 aromatic heterocycles. The molecule has 0 aliphatic carbocycles. The number of rotatable bonds is 8. The van der Waals surface area contributed by atoms with Gasteiger partial charge in [-0.1, -0.05) is 54.1 Å². The molecule has 7 aromatic rings. The molecule has 3 N–H and O–H groups in total. The lowest BCUT2D eigenvalue weighted by molar-refractivity contribution is 0.102. The standard InChI is InChI=1S/C34H28N6OS/c1-20-12-23(17-35-16-22-6-4-3-5-7-22)14-25(13-20)24-8-9-28-26(15-24)33(40-39-28)34-37-29-19-36-18-27(32(29)38-34)31-11-10-30(42-31)21(2)41/h3-15,18-19,35H,16-17H2,1-2H3,(H,37,38)(H,39,40). The third-order valence-electron chi connectivity index (χ3n) is 7.37. The van der Waals surface area contributed by atoms with Crippen LogP contribution < -0.4 is 5.32 Å². The molecular weight excluding hydrogens is 540 g/mol. The summed E-state index contributed by atoms with van der Waals surface area (Å²) in [4.78, 5) is 26.3. The van der Waals surface area contributed by atoms with E-state index in [0.29, 0.717) is 5.82 Å². The fraction of sp³-hybridized carbons (Fsp3) is 0.118. The maximum atomic E-state index is 11.9. The molecule has 7 rings (SSSR count). The highest BCUT2D eigenvalue weighted by Crippen LogP contribution is 2.35. The van der Waals surface area contributed by atoms with E-state index >= 15 is 0 Å². The molecule has 0 spiro atoms. The lowest BCUT2D eigenvalue weighted by Crippen LogP contribution is -2.12. The third-order valence-corrected chi connectivity index (χ3v) is 8.59. The quantitative estimate of drug-likeness (QED) is 0.163. The zero-order chi connectivity index (χ0) is 28.6. The van der Waals surface area contributed by atoms with Crippen LogP contribution in [0.25, 0.3) is 55.0 Å². The van der Waals surface area contributed by atoms with Crippen LogP contribution in [0.3, 0.4) is 0 Å². The normalized spacial score (nSPS) is 11.5. The number of ketones is 1. The Morgan fingerprint density at radius 2 is 1.74 bits per heavy atom. The zero-order valence-electron chi connectivity index (χ0n) is 23.2. The summed E-state index contributed by atoms with van der Waals surface area (Å²) in [6.45, 7) is 5.33. The first-order valence-electron chi connectivity index (χ1n) is 13.8. The van der Waals surface area contributed by atoms with Gasteiger partial charge in [0.1, 0.15) is 11.2 Å². The molecule has 0 aliphatic rings. The number of benzene rings is 3. The van der Waals surface area contributed by atoms with E-state index in [-0.39, 0.29) is 5.78 Å². The fourth-order valence-corrected chi connectivity index (χ4v) is 6.26. The summed E-state index contributed by atoms with van der Waals surface area (Å²) in [6, 6.07) is 27.3. The molecular formula is C34H28N6OS. The van der Waals surface area contributed by atoms with Crippen molar-refractivity contribution in [1.29, 1.82) is 0 Å². The van der Waals surface area contributed by atoms with Crippen LogP contribution in [0.15, 0.2) is 91.3 Å². The van der Waals surface area contributed by atoms with Crippen molar-refractivity contribution in [2.24, 2.45) is 0 Å². The Hall–Kier alpha value is -4.92. The lowest BCUT2D eigenvalue weighted by Gasteiger charge is -2.10. The van der Waals surface area contributed by atoms with Crippen LogP contribution in [0.2, 0.25) is 0 Å². The maximum absolute atomic E-state index is 11.9. The molecule has 0 unspecified atom stereocenters. The summed E-state index contributed by atoms with van der Waals surface area (Å²) in [5.41, 5.74) is 10.2. The largest absolute Gasteiger partial charge is 0.335 e. The second-order valence-corrected chi connectivity index (χ2v) is 11.6. The Kier molecular flexibility index (Phi) is 6.70. The van der Waals surface area contributed by atoms with E-state index < -0.39 is 0 Å². The molecule has 0 amide bonds. The number of pyridine rings is 1. The van der Waals surface area contributed by atoms with Gasteiger partial charge in [0.15, 0.2) is 11.6 Å². The van der Waals surface area contributed by atoms with Gasteiger partial charge in [0.2, 0.25) is 0 Å². The Morgan fingerprint density at radius 1 is 0.881 bits per heavy atom. The van der Waals surface area contributed by atoms with Crippen LogP contribution in [0, 0.1) is 6.92 Å². The van der Waals surface area contributed by atoms with E-state index in [1.54, 1.807) is 19.3 Å². The number of carbonyl (C=O) groups is 1. The third kappa shape index (κ3) is 5.02. The molecule has 0 radical (unpaired) electrons. The number of hydrogen-bond acceptors (Lipinski definition) is 6. The number of nitrogens with zero attached hydrogens (tertiary/aromatic N) is 3. The fourth-order valence-electron chi connectivity index (χ4n) is 5.35. The number of imidazole rings is 1. The van der Waals surface area contributed by atoms with Crippen LogP contribution in [0.4, 0.5) is 0 Å². The van der Waals surface area contributed by atoms with Crippen LogP contribution in [0.1, 0.15) is 33.3 Å². The van der Waals surface area contributed by atoms with E-state index in [1.807, 2.05) is 18.2 Å². The van der Waals surface area contributed by atoms with Gasteiger partial charge in [0.05, 0.1) is 22.1 Å². The van der Waals surface area contributed by atoms with Crippen molar-refractivity contribution in [2.45, 2.75) is 26.9 Å². The number of hydrogen-bond donors (Lipinski definition) is 3. The van der Waals surface area contributed by atoms with E-state index in [1.165, 1.54) is 28.0 Å². The number of aromatic nitrogens is 5. The summed E-state index contributed by atoms with van der Waals surface area (Å²) in [5.74, 6) is 0.720. The summed E-state index contributed by atoms with van der Waals surface area (Å²) in [6.07, 6.45) is 3.57. The van der Waals surface area contributed by atoms with Gasteiger partial charge in [-0.05, 0) is 66.4 Å². The predicted molar refractivity (Wildman–Crippen MR) is 169 cm³/mol. The molecule has 7 nitrogen and oxygen atoms in total. The van der Waals surface area contributed by atoms with Gasteiger partial charge in [0, 0.05) is 35.1 Å². The van der Waals surface area contributed by atoms with Crippen molar-refractivity contribution in [3.05, 3.63) is 113 Å². The van der Waals surface area contributed by atoms with Crippen LogP contribution >= 0.6 is 11.3 Å². The Balaban J connectivity index is 1.21. The summed E-state index contributed by atoms with van der Waals surface area (Å²) in [5, 5.41) is 12.4. The Morgan fingerprint density at radius 3 is 2.57 bits per heavy atom. The highest BCUT2D eigenvalue weighted by atomic mass is 32.1. The molecule has 206 valence electrons. The monoisotopic (exact) mass is 568 g/mol. The minimum absolute atomic E-state index is 0.0528. The van der Waals surface area contributed by atoms with E-state index in [9.17, 15) is 4.79 Å². The highest BCUT2D eigenvalue weighted by molar-refractivity contribution is 7.17. The van der Waals surface area contributed by atoms with Crippen LogP contribution in [0.5, 0.6) is 0 Å². The summed E-state index contributed by atoms with van der Waals surface area (Å²) in [7, 11) is 0. The summed E-state index contributed by atoms with van der Waals surface area (Å²) < 4.78 is 0. The number of nitrogens with one attached hydrogen (secondary N) is 3. The first-order chi connectivity index (χ1) is 20.5. The second-order valence-electron chi connectivity index (χ2n) is 10.5. The van der Waals surface area contributed by atoms with E-state index in [0.717, 1.165) is 67.2 Å². The molecule has 42 heavy (non-hydrogen) atoms. The minimum Gasteiger partial charge on any atom is -0.335 e. The molecule has 0 bridgehead atoms. The average molecular weight is 569 g/mol. The maximum Gasteiger partial charge on any atom is 0.169 e. The molecule has 4 heterocycles. The number of Topliss-reactive ketones (excluding diaryl/α,β-unsaturated/α-hetero) is 1. The van der Waals surface area contributed by atoms with Crippen molar-refractivity contribution in [1.82, 2.24) is 30.5 Å². The predicted octanol–water partition coefficient (Wildman–Crippen LogP) is 7.70. The van der Waals surface area contributed by atoms with Crippen LogP contribution in [-0.4, -0.2) is 30.9 Å². The molecule has 0 atom stereocenters. The van der Waals surface area contributed by atoms with E-state index in [2.05, 4.69) is 93.1 Å². The number of H-pyrrole nitrogens is 2. The van der Waals surface area contributed by atoms with Crippen molar-refractivity contribution >= 4 is 39.1 Å². The van der Waals surface area contributed by atoms with Crippen molar-refractivity contribution in [3.63, 3.8) is 0 Å². The van der Waals surface area contributed by atoms with Gasteiger partial charge in [-0.3, -0.25) is 14.9 Å². The average Bonchev–Trinajstić information content (AvgIpc) is 3.75. The van der Waals surface area contributed by atoms with Gasteiger partial charge in [-0.15, -0.1) is 11.3 Å². The molecule has 8 heteroatoms. The Bertz CT molecular complexity index is 2070. The van der Waals surface area contributed by atoms with E-state index in [4.69, 9.17) is 4.98 Å². The van der Waals surface area contributed by atoms with Gasteiger partial charge >= 0.3 is 0 Å². The van der Waals surface area contributed by atoms with Gasteiger partial charge in [-0.2, -0.15) is 5.10 Å². The first kappa shape index (κ1) is 26.0. The number of aryl methyl sites for hydroxylation is 1. The topological polar surface area (TPSA) is 99.4 Å². The van der Waals surface area contributed by atoms with Gasteiger partial charge in [0.25, 0.3) is 0 Å². The molecule has 0 saturated heterocycles. The smallest absolute Gasteiger partial charge is 0.169 e. The second kappa shape index (κ2) is 10.8. The minimum atomic E-state index is 0.0528. The number of aromatic amines is 2. The number of fused-ring (bicyclic) bond motifs is 2. The number of thiophene rings is 1.